The van der Waals surface area contributed by atoms with Gasteiger partial charge in [0.2, 0.25) is 11.8 Å². The molecule has 3 atom stereocenters. The molecular weight excluding hydrogens is 390 g/mol. The van der Waals surface area contributed by atoms with Gasteiger partial charge in [-0.1, -0.05) is 66.7 Å². The monoisotopic (exact) mass is 411 g/mol. The van der Waals surface area contributed by atoms with Crippen molar-refractivity contribution in [1.82, 2.24) is 0 Å². The van der Waals surface area contributed by atoms with Crippen LogP contribution in [0, 0.1) is 11.8 Å². The summed E-state index contributed by atoms with van der Waals surface area (Å²) < 4.78 is 5.27. The van der Waals surface area contributed by atoms with E-state index < -0.39 is 23.7 Å². The average Bonchev–Trinajstić information content (AvgIpc) is 3.30. The first-order valence-corrected chi connectivity index (χ1v) is 10.4. The zero-order valence-corrected chi connectivity index (χ0v) is 17.0. The van der Waals surface area contributed by atoms with Crippen LogP contribution in [-0.4, -0.2) is 24.4 Å². The molecule has 1 aliphatic heterocycles. The molecule has 0 N–H and O–H groups in total. The van der Waals surface area contributed by atoms with Crippen molar-refractivity contribution in [3.05, 3.63) is 90.0 Å². The Balaban J connectivity index is 1.62. The highest BCUT2D eigenvalue weighted by molar-refractivity contribution is 6.24. The minimum Gasteiger partial charge on any atom is -0.463 e. The Hall–Kier alpha value is -3.73. The first-order chi connectivity index (χ1) is 15.1. The highest BCUT2D eigenvalue weighted by atomic mass is 16.5. The number of anilines is 1. The first kappa shape index (κ1) is 19.2. The van der Waals surface area contributed by atoms with E-state index in [-0.39, 0.29) is 18.4 Å². The lowest BCUT2D eigenvalue weighted by molar-refractivity contribution is -0.138. The molecule has 0 radical (unpaired) electrons. The van der Waals surface area contributed by atoms with Crippen molar-refractivity contribution >= 4 is 34.2 Å². The number of hydrogen-bond donors (Lipinski definition) is 0. The average molecular weight is 411 g/mol. The molecule has 1 saturated heterocycles. The van der Waals surface area contributed by atoms with Crippen molar-refractivity contribution in [2.75, 3.05) is 11.5 Å². The van der Waals surface area contributed by atoms with Gasteiger partial charge in [-0.3, -0.25) is 9.59 Å². The van der Waals surface area contributed by atoms with Crippen LogP contribution in [0.5, 0.6) is 0 Å². The summed E-state index contributed by atoms with van der Waals surface area (Å²) in [6.45, 7) is 1.97. The second-order valence-corrected chi connectivity index (χ2v) is 7.83. The molecule has 1 aliphatic carbocycles. The van der Waals surface area contributed by atoms with Crippen LogP contribution in [0.3, 0.4) is 0 Å². The lowest BCUT2D eigenvalue weighted by atomic mass is 9.81. The summed E-state index contributed by atoms with van der Waals surface area (Å²) in [7, 11) is 0. The molecular formula is C26H21NO4. The number of benzene rings is 3. The minimum absolute atomic E-state index is 0.230. The molecule has 154 valence electrons. The smallest absolute Gasteiger partial charge is 0.334 e. The van der Waals surface area contributed by atoms with Crippen LogP contribution < -0.4 is 4.90 Å². The standard InChI is InChI=1S/C26H21NO4/c1-2-31-26(30)21-15-20-23(25(29)27(24(20)28)19-10-4-3-5-11-19)22(21)18-13-12-16-8-6-7-9-17(16)14-18/h3-15,20,22-23H,2H2,1H3/t20-,22-,23-/m0/s1. The maximum absolute atomic E-state index is 13.5. The third-order valence-corrected chi connectivity index (χ3v) is 6.11. The lowest BCUT2D eigenvalue weighted by Crippen LogP contribution is -2.33. The number of ether oxygens (including phenoxy) is 1. The van der Waals surface area contributed by atoms with E-state index in [9.17, 15) is 14.4 Å². The quantitative estimate of drug-likeness (QED) is 0.476. The molecule has 5 nitrogen and oxygen atoms in total. The molecule has 0 spiro atoms. The number of carbonyl (C=O) groups is 3. The summed E-state index contributed by atoms with van der Waals surface area (Å²) in [5.41, 5.74) is 1.78. The Morgan fingerprint density at radius 3 is 2.35 bits per heavy atom. The molecule has 2 amide bonds. The fourth-order valence-electron chi connectivity index (χ4n) is 4.76. The molecule has 0 unspecified atom stereocenters. The van der Waals surface area contributed by atoms with E-state index in [1.54, 1.807) is 37.3 Å². The van der Waals surface area contributed by atoms with Crippen molar-refractivity contribution in [2.24, 2.45) is 11.8 Å². The Morgan fingerprint density at radius 1 is 0.903 bits per heavy atom. The number of hydrogen-bond acceptors (Lipinski definition) is 4. The van der Waals surface area contributed by atoms with Gasteiger partial charge in [-0.15, -0.1) is 0 Å². The van der Waals surface area contributed by atoms with Gasteiger partial charge in [0, 0.05) is 11.5 Å². The van der Waals surface area contributed by atoms with Gasteiger partial charge in [0.1, 0.15) is 0 Å². The van der Waals surface area contributed by atoms with Crippen molar-refractivity contribution in [2.45, 2.75) is 12.8 Å². The number of carbonyl (C=O) groups excluding carboxylic acids is 3. The van der Waals surface area contributed by atoms with Gasteiger partial charge in [0.15, 0.2) is 0 Å². The zero-order valence-electron chi connectivity index (χ0n) is 17.0. The Kier molecular flexibility index (Phi) is 4.66. The lowest BCUT2D eigenvalue weighted by Gasteiger charge is -2.22. The maximum Gasteiger partial charge on any atom is 0.334 e. The van der Waals surface area contributed by atoms with E-state index in [0.717, 1.165) is 16.3 Å². The van der Waals surface area contributed by atoms with Crippen LogP contribution in [0.4, 0.5) is 5.69 Å². The maximum atomic E-state index is 13.5. The van der Waals surface area contributed by atoms with E-state index in [2.05, 4.69) is 0 Å². The number of esters is 1. The SMILES string of the molecule is CCOC(=O)C1=C[C@@H]2C(=O)N(c3ccccc3)C(=O)[C@@H]2[C@H]1c1ccc2ccccc2c1. The second kappa shape index (κ2) is 7.51. The van der Waals surface area contributed by atoms with Gasteiger partial charge in [-0.2, -0.15) is 0 Å². The summed E-state index contributed by atoms with van der Waals surface area (Å²) >= 11 is 0. The molecule has 1 heterocycles. The summed E-state index contributed by atoms with van der Waals surface area (Å²) in [6.07, 6.45) is 1.64. The van der Waals surface area contributed by atoms with Crippen molar-refractivity contribution in [1.29, 1.82) is 0 Å². The third-order valence-electron chi connectivity index (χ3n) is 6.11. The fraction of sp³-hybridized carbons (Fsp3) is 0.192. The molecule has 31 heavy (non-hydrogen) atoms. The molecule has 0 saturated carbocycles. The second-order valence-electron chi connectivity index (χ2n) is 7.83. The molecule has 3 aromatic rings. The molecule has 0 bridgehead atoms. The first-order valence-electron chi connectivity index (χ1n) is 10.4. The van der Waals surface area contributed by atoms with E-state index in [1.807, 2.05) is 48.5 Å². The summed E-state index contributed by atoms with van der Waals surface area (Å²) in [5, 5.41) is 2.09. The van der Waals surface area contributed by atoms with Crippen LogP contribution in [0.25, 0.3) is 10.8 Å². The van der Waals surface area contributed by atoms with Crippen LogP contribution in [0.2, 0.25) is 0 Å². The highest BCUT2D eigenvalue weighted by Crippen LogP contribution is 2.50. The van der Waals surface area contributed by atoms with Crippen molar-refractivity contribution in [3.63, 3.8) is 0 Å². The Bertz CT molecular complexity index is 1230. The number of rotatable bonds is 4. The fourth-order valence-corrected chi connectivity index (χ4v) is 4.76. The number of fused-ring (bicyclic) bond motifs is 2. The predicted molar refractivity (Wildman–Crippen MR) is 117 cm³/mol. The van der Waals surface area contributed by atoms with E-state index in [4.69, 9.17) is 4.74 Å². The van der Waals surface area contributed by atoms with Crippen molar-refractivity contribution < 1.29 is 19.1 Å². The predicted octanol–water partition coefficient (Wildman–Crippen LogP) is 4.23. The van der Waals surface area contributed by atoms with Gasteiger partial charge in [-0.25, -0.2) is 9.69 Å². The Labute approximate surface area is 179 Å². The largest absolute Gasteiger partial charge is 0.463 e. The normalized spacial score (nSPS) is 22.5. The number of nitrogens with zero attached hydrogens (tertiary/aromatic N) is 1. The minimum atomic E-state index is -0.677. The third kappa shape index (κ3) is 3.05. The van der Waals surface area contributed by atoms with Gasteiger partial charge in [-0.05, 0) is 35.4 Å². The summed E-state index contributed by atoms with van der Waals surface area (Å²) in [4.78, 5) is 40.7. The van der Waals surface area contributed by atoms with E-state index in [0.29, 0.717) is 11.3 Å². The zero-order chi connectivity index (χ0) is 21.5. The molecule has 2 aliphatic rings. The van der Waals surface area contributed by atoms with Crippen LogP contribution >= 0.6 is 0 Å². The van der Waals surface area contributed by atoms with Crippen LogP contribution in [0.15, 0.2) is 84.4 Å². The molecule has 0 aromatic heterocycles. The molecule has 3 aromatic carbocycles. The molecule has 5 heteroatoms. The van der Waals surface area contributed by atoms with E-state index >= 15 is 0 Å². The van der Waals surface area contributed by atoms with Gasteiger partial charge < -0.3 is 4.74 Å². The Morgan fingerprint density at radius 2 is 1.61 bits per heavy atom. The molecule has 5 rings (SSSR count). The summed E-state index contributed by atoms with van der Waals surface area (Å²) in [6, 6.07) is 22.8. The van der Waals surface area contributed by atoms with Gasteiger partial charge >= 0.3 is 5.97 Å². The van der Waals surface area contributed by atoms with Crippen LogP contribution in [0.1, 0.15) is 18.4 Å². The van der Waals surface area contributed by atoms with E-state index in [1.165, 1.54) is 4.90 Å². The number of imide groups is 1. The number of amides is 2. The number of para-hydroxylation sites is 1. The van der Waals surface area contributed by atoms with Crippen molar-refractivity contribution in [3.8, 4) is 0 Å². The van der Waals surface area contributed by atoms with Gasteiger partial charge in [0.25, 0.3) is 0 Å². The summed E-state index contributed by atoms with van der Waals surface area (Å²) in [5.74, 6) is -2.92. The van der Waals surface area contributed by atoms with Gasteiger partial charge in [0.05, 0.1) is 24.1 Å². The molecule has 1 fully saturated rings. The van der Waals surface area contributed by atoms with Crippen LogP contribution in [-0.2, 0) is 19.1 Å². The highest BCUT2D eigenvalue weighted by Gasteiger charge is 2.56. The topological polar surface area (TPSA) is 63.7 Å².